The van der Waals surface area contributed by atoms with E-state index >= 15 is 0 Å². The molecule has 0 unspecified atom stereocenters. The topological polar surface area (TPSA) is 55.4 Å². The van der Waals surface area contributed by atoms with E-state index in [2.05, 4.69) is 5.32 Å². The lowest BCUT2D eigenvalue weighted by molar-refractivity contribution is -0.142. The number of esters is 1. The van der Waals surface area contributed by atoms with Gasteiger partial charge in [-0.25, -0.2) is 9.18 Å². The van der Waals surface area contributed by atoms with Gasteiger partial charge in [-0.05, 0) is 42.0 Å². The summed E-state index contributed by atoms with van der Waals surface area (Å²) in [6, 6.07) is 11.2. The standard InChI is InChI=1S/C17H15ClFNO3/c1-23-17(22)15(10-11-3-2-4-14(19)9-11)20-16(21)12-5-7-13(18)8-6-12/h2-9,15H,10H2,1H3,(H,20,21)/t15-/m1/s1. The minimum absolute atomic E-state index is 0.129. The Morgan fingerprint density at radius 1 is 1.22 bits per heavy atom. The van der Waals surface area contributed by atoms with Crippen LogP contribution in [0.4, 0.5) is 4.39 Å². The fraction of sp³-hybridized carbons (Fsp3) is 0.176. The van der Waals surface area contributed by atoms with E-state index in [1.807, 2.05) is 0 Å². The van der Waals surface area contributed by atoms with Crippen molar-refractivity contribution in [1.82, 2.24) is 5.32 Å². The Kier molecular flexibility index (Phi) is 5.71. The number of hydrogen-bond acceptors (Lipinski definition) is 3. The van der Waals surface area contributed by atoms with Crippen LogP contribution in [0.15, 0.2) is 48.5 Å². The maximum atomic E-state index is 13.2. The average molecular weight is 336 g/mol. The molecule has 0 heterocycles. The summed E-state index contributed by atoms with van der Waals surface area (Å²) in [5.41, 5.74) is 0.944. The number of amides is 1. The van der Waals surface area contributed by atoms with Gasteiger partial charge in [-0.2, -0.15) is 0 Å². The molecule has 0 aliphatic heterocycles. The Morgan fingerprint density at radius 2 is 1.91 bits per heavy atom. The molecule has 2 aromatic carbocycles. The fourth-order valence-electron chi connectivity index (χ4n) is 2.08. The minimum atomic E-state index is -0.912. The third-order valence-electron chi connectivity index (χ3n) is 3.23. The van der Waals surface area contributed by atoms with Crippen LogP contribution >= 0.6 is 11.6 Å². The zero-order valence-electron chi connectivity index (χ0n) is 12.4. The summed E-state index contributed by atoms with van der Waals surface area (Å²) >= 11 is 5.78. The first-order valence-electron chi connectivity index (χ1n) is 6.88. The van der Waals surface area contributed by atoms with Crippen LogP contribution in [-0.4, -0.2) is 25.0 Å². The van der Waals surface area contributed by atoms with Crippen LogP contribution in [0.25, 0.3) is 0 Å². The lowest BCUT2D eigenvalue weighted by Crippen LogP contribution is -2.43. The average Bonchev–Trinajstić information content (AvgIpc) is 2.54. The number of halogens is 2. The third kappa shape index (κ3) is 4.79. The molecule has 0 spiro atoms. The van der Waals surface area contributed by atoms with Crippen molar-refractivity contribution in [3.05, 3.63) is 70.5 Å². The molecule has 0 aliphatic carbocycles. The van der Waals surface area contributed by atoms with Crippen molar-refractivity contribution < 1.29 is 18.7 Å². The highest BCUT2D eigenvalue weighted by molar-refractivity contribution is 6.30. The molecule has 0 fully saturated rings. The van der Waals surface area contributed by atoms with Crippen molar-refractivity contribution in [2.24, 2.45) is 0 Å². The van der Waals surface area contributed by atoms with Gasteiger partial charge in [0, 0.05) is 17.0 Å². The first-order chi connectivity index (χ1) is 11.0. The molecule has 0 saturated carbocycles. The Labute approximate surface area is 138 Å². The van der Waals surface area contributed by atoms with Gasteiger partial charge in [0.25, 0.3) is 5.91 Å². The highest BCUT2D eigenvalue weighted by atomic mass is 35.5. The molecule has 2 aromatic rings. The van der Waals surface area contributed by atoms with Gasteiger partial charge in [-0.3, -0.25) is 4.79 Å². The number of ether oxygens (including phenoxy) is 1. The predicted octanol–water partition coefficient (Wildman–Crippen LogP) is 2.99. The Hall–Kier alpha value is -2.40. The van der Waals surface area contributed by atoms with Crippen LogP contribution in [0.1, 0.15) is 15.9 Å². The summed E-state index contributed by atoms with van der Waals surface area (Å²) in [7, 11) is 1.23. The maximum absolute atomic E-state index is 13.2. The molecule has 0 radical (unpaired) electrons. The van der Waals surface area contributed by atoms with Gasteiger partial charge in [0.1, 0.15) is 11.9 Å². The van der Waals surface area contributed by atoms with Gasteiger partial charge in [-0.15, -0.1) is 0 Å². The second-order valence-corrected chi connectivity index (χ2v) is 5.33. The zero-order chi connectivity index (χ0) is 16.8. The Morgan fingerprint density at radius 3 is 2.52 bits per heavy atom. The fourth-order valence-corrected chi connectivity index (χ4v) is 2.20. The van der Waals surface area contributed by atoms with E-state index in [1.54, 1.807) is 36.4 Å². The molecule has 2 rings (SSSR count). The number of rotatable bonds is 5. The molecule has 0 aliphatic rings. The molecule has 6 heteroatoms. The summed E-state index contributed by atoms with van der Waals surface area (Å²) in [5, 5.41) is 3.10. The van der Waals surface area contributed by atoms with E-state index < -0.39 is 23.7 Å². The molecule has 23 heavy (non-hydrogen) atoms. The van der Waals surface area contributed by atoms with Gasteiger partial charge in [0.15, 0.2) is 0 Å². The number of carbonyl (C=O) groups excluding carboxylic acids is 2. The van der Waals surface area contributed by atoms with Gasteiger partial charge < -0.3 is 10.1 Å². The minimum Gasteiger partial charge on any atom is -0.467 e. The maximum Gasteiger partial charge on any atom is 0.328 e. The molecule has 0 saturated heterocycles. The summed E-state index contributed by atoms with van der Waals surface area (Å²) in [5.74, 6) is -1.44. The first-order valence-corrected chi connectivity index (χ1v) is 7.26. The summed E-state index contributed by atoms with van der Waals surface area (Å²) in [6.07, 6.45) is 0.129. The first kappa shape index (κ1) is 17.0. The Balaban J connectivity index is 2.13. The number of benzene rings is 2. The van der Waals surface area contributed by atoms with Crippen LogP contribution in [0.2, 0.25) is 5.02 Å². The van der Waals surface area contributed by atoms with E-state index in [0.717, 1.165) is 0 Å². The smallest absolute Gasteiger partial charge is 0.328 e. The van der Waals surface area contributed by atoms with Gasteiger partial charge in [0.2, 0.25) is 0 Å². The van der Waals surface area contributed by atoms with E-state index in [1.165, 1.54) is 19.2 Å². The van der Waals surface area contributed by atoms with Crippen LogP contribution < -0.4 is 5.32 Å². The second kappa shape index (κ2) is 7.74. The molecule has 120 valence electrons. The molecule has 1 N–H and O–H groups in total. The Bertz CT molecular complexity index is 703. The summed E-state index contributed by atoms with van der Waals surface area (Å²) in [4.78, 5) is 24.1. The van der Waals surface area contributed by atoms with E-state index in [4.69, 9.17) is 16.3 Å². The normalized spacial score (nSPS) is 11.6. The highest BCUT2D eigenvalue weighted by Gasteiger charge is 2.22. The molecule has 0 bridgehead atoms. The van der Waals surface area contributed by atoms with Gasteiger partial charge in [0.05, 0.1) is 7.11 Å². The van der Waals surface area contributed by atoms with Crippen molar-refractivity contribution in [1.29, 1.82) is 0 Å². The van der Waals surface area contributed by atoms with Crippen LogP contribution in [-0.2, 0) is 16.0 Å². The second-order valence-electron chi connectivity index (χ2n) is 4.89. The number of carbonyl (C=O) groups is 2. The largest absolute Gasteiger partial charge is 0.467 e. The van der Waals surface area contributed by atoms with Crippen molar-refractivity contribution in [2.75, 3.05) is 7.11 Å². The van der Waals surface area contributed by atoms with Crippen molar-refractivity contribution >= 4 is 23.5 Å². The van der Waals surface area contributed by atoms with Crippen molar-refractivity contribution in [3.63, 3.8) is 0 Å². The van der Waals surface area contributed by atoms with Gasteiger partial charge >= 0.3 is 5.97 Å². The predicted molar refractivity (Wildman–Crippen MR) is 84.8 cm³/mol. The quantitative estimate of drug-likeness (QED) is 0.855. The molecule has 0 aromatic heterocycles. The molecule has 1 amide bonds. The highest BCUT2D eigenvalue weighted by Crippen LogP contribution is 2.11. The van der Waals surface area contributed by atoms with Crippen LogP contribution in [0.3, 0.4) is 0 Å². The van der Waals surface area contributed by atoms with Crippen LogP contribution in [0.5, 0.6) is 0 Å². The van der Waals surface area contributed by atoms with E-state index in [0.29, 0.717) is 16.1 Å². The van der Waals surface area contributed by atoms with Gasteiger partial charge in [-0.1, -0.05) is 23.7 Å². The SMILES string of the molecule is COC(=O)[C@@H](Cc1cccc(F)c1)NC(=O)c1ccc(Cl)cc1. The number of methoxy groups -OCH3 is 1. The third-order valence-corrected chi connectivity index (χ3v) is 3.48. The van der Waals surface area contributed by atoms with E-state index in [-0.39, 0.29) is 6.42 Å². The number of hydrogen-bond donors (Lipinski definition) is 1. The molecule has 1 atom stereocenters. The lowest BCUT2D eigenvalue weighted by atomic mass is 10.1. The van der Waals surface area contributed by atoms with Crippen LogP contribution in [0, 0.1) is 5.82 Å². The monoisotopic (exact) mass is 335 g/mol. The molecule has 4 nitrogen and oxygen atoms in total. The van der Waals surface area contributed by atoms with Crippen molar-refractivity contribution in [3.8, 4) is 0 Å². The summed E-state index contributed by atoms with van der Waals surface area (Å²) < 4.78 is 18.0. The molecular weight excluding hydrogens is 321 g/mol. The lowest BCUT2D eigenvalue weighted by Gasteiger charge is -2.16. The number of nitrogens with one attached hydrogen (secondary N) is 1. The van der Waals surface area contributed by atoms with E-state index in [9.17, 15) is 14.0 Å². The zero-order valence-corrected chi connectivity index (χ0v) is 13.1. The van der Waals surface area contributed by atoms with Crippen molar-refractivity contribution in [2.45, 2.75) is 12.5 Å². The molecular formula is C17H15ClFNO3. The summed E-state index contributed by atoms with van der Waals surface area (Å²) in [6.45, 7) is 0.